The van der Waals surface area contributed by atoms with Crippen molar-refractivity contribution in [2.24, 2.45) is 0 Å². The van der Waals surface area contributed by atoms with Gasteiger partial charge in [0.2, 0.25) is 11.8 Å². The van der Waals surface area contributed by atoms with Gasteiger partial charge in [-0.3, -0.25) is 9.59 Å². The van der Waals surface area contributed by atoms with Crippen LogP contribution in [-0.4, -0.2) is 24.9 Å². The number of carbonyl (C=O) groups excluding carboxylic acids is 2. The van der Waals surface area contributed by atoms with Crippen LogP contribution in [0.3, 0.4) is 0 Å². The first kappa shape index (κ1) is 15.5. The molecule has 0 atom stereocenters. The highest BCUT2D eigenvalue weighted by Gasteiger charge is 2.03. The number of benzene rings is 1. The van der Waals surface area contributed by atoms with Gasteiger partial charge in [0.05, 0.1) is 0 Å². The molecule has 0 aliphatic rings. The molecule has 104 valence electrons. The van der Waals surface area contributed by atoms with E-state index in [4.69, 9.17) is 11.6 Å². The Morgan fingerprint density at radius 2 is 1.89 bits per heavy atom. The molecule has 0 saturated carbocycles. The van der Waals surface area contributed by atoms with Gasteiger partial charge in [-0.25, -0.2) is 0 Å². The summed E-state index contributed by atoms with van der Waals surface area (Å²) in [5, 5.41) is 6.09. The molecule has 1 rings (SSSR count). The third-order valence-electron chi connectivity index (χ3n) is 2.70. The van der Waals surface area contributed by atoms with Gasteiger partial charge in [0, 0.05) is 31.5 Å². The van der Waals surface area contributed by atoms with Gasteiger partial charge >= 0.3 is 0 Å². The standard InChI is InChI=1S/C14H19ClN2O2/c1-10-3-4-12(9-13(10)15)5-6-14(19)17-8-7-16-11(2)18/h3-4,9H,5-8H2,1-2H3,(H,16,18)(H,17,19). The Balaban J connectivity index is 2.26. The molecule has 2 amide bonds. The Morgan fingerprint density at radius 1 is 1.21 bits per heavy atom. The van der Waals surface area contributed by atoms with Gasteiger partial charge in [-0.2, -0.15) is 0 Å². The van der Waals surface area contributed by atoms with Gasteiger partial charge in [0.25, 0.3) is 0 Å². The van der Waals surface area contributed by atoms with Crippen molar-refractivity contribution in [2.45, 2.75) is 26.7 Å². The van der Waals surface area contributed by atoms with E-state index in [0.29, 0.717) is 25.9 Å². The number of hydrogen-bond acceptors (Lipinski definition) is 2. The lowest BCUT2D eigenvalue weighted by Gasteiger charge is -2.06. The second-order valence-corrected chi connectivity index (χ2v) is 4.82. The van der Waals surface area contributed by atoms with Crippen molar-refractivity contribution in [3.05, 3.63) is 34.3 Å². The summed E-state index contributed by atoms with van der Waals surface area (Å²) in [7, 11) is 0. The molecule has 0 aliphatic heterocycles. The van der Waals surface area contributed by atoms with E-state index < -0.39 is 0 Å². The summed E-state index contributed by atoms with van der Waals surface area (Å²) >= 11 is 6.02. The predicted octanol–water partition coefficient (Wildman–Crippen LogP) is 1.83. The molecule has 1 aromatic carbocycles. The lowest BCUT2D eigenvalue weighted by atomic mass is 10.1. The zero-order valence-electron chi connectivity index (χ0n) is 11.3. The lowest BCUT2D eigenvalue weighted by molar-refractivity contribution is -0.122. The fourth-order valence-corrected chi connectivity index (χ4v) is 1.78. The third kappa shape index (κ3) is 6.25. The maximum Gasteiger partial charge on any atom is 0.220 e. The minimum atomic E-state index is -0.0939. The van der Waals surface area contributed by atoms with Crippen LogP contribution in [0.4, 0.5) is 0 Å². The molecule has 1 aromatic rings. The van der Waals surface area contributed by atoms with E-state index in [1.54, 1.807) is 0 Å². The first-order chi connectivity index (χ1) is 8.99. The summed E-state index contributed by atoms with van der Waals surface area (Å²) in [4.78, 5) is 22.2. The van der Waals surface area contributed by atoms with Crippen LogP contribution in [0.2, 0.25) is 5.02 Å². The van der Waals surface area contributed by atoms with Gasteiger partial charge < -0.3 is 10.6 Å². The van der Waals surface area contributed by atoms with Crippen LogP contribution in [0.15, 0.2) is 18.2 Å². The average molecular weight is 283 g/mol. The minimum absolute atomic E-state index is 0.0259. The Kier molecular flexibility index (Phi) is 6.36. The second-order valence-electron chi connectivity index (χ2n) is 4.42. The van der Waals surface area contributed by atoms with Gasteiger partial charge in [0.1, 0.15) is 0 Å². The lowest BCUT2D eigenvalue weighted by Crippen LogP contribution is -2.33. The van der Waals surface area contributed by atoms with E-state index in [1.165, 1.54) is 6.92 Å². The Morgan fingerprint density at radius 3 is 2.53 bits per heavy atom. The van der Waals surface area contributed by atoms with E-state index >= 15 is 0 Å². The van der Waals surface area contributed by atoms with Crippen molar-refractivity contribution in [3.63, 3.8) is 0 Å². The van der Waals surface area contributed by atoms with Crippen LogP contribution < -0.4 is 10.6 Å². The first-order valence-corrected chi connectivity index (χ1v) is 6.63. The summed E-state index contributed by atoms with van der Waals surface area (Å²) in [5.41, 5.74) is 2.08. The Bertz CT molecular complexity index is 461. The zero-order chi connectivity index (χ0) is 14.3. The van der Waals surface area contributed by atoms with Crippen LogP contribution >= 0.6 is 11.6 Å². The Labute approximate surface area is 118 Å². The number of rotatable bonds is 6. The summed E-state index contributed by atoms with van der Waals surface area (Å²) in [6, 6.07) is 5.82. The van der Waals surface area contributed by atoms with Crippen molar-refractivity contribution in [1.29, 1.82) is 0 Å². The minimum Gasteiger partial charge on any atom is -0.355 e. The fraction of sp³-hybridized carbons (Fsp3) is 0.429. The maximum atomic E-state index is 11.6. The molecule has 5 heteroatoms. The monoisotopic (exact) mass is 282 g/mol. The number of nitrogens with one attached hydrogen (secondary N) is 2. The molecule has 0 radical (unpaired) electrons. The van der Waals surface area contributed by atoms with Crippen molar-refractivity contribution in [1.82, 2.24) is 10.6 Å². The number of aryl methyl sites for hydroxylation is 2. The molecular formula is C14H19ClN2O2. The topological polar surface area (TPSA) is 58.2 Å². The molecule has 4 nitrogen and oxygen atoms in total. The van der Waals surface area contributed by atoms with E-state index in [-0.39, 0.29) is 11.8 Å². The van der Waals surface area contributed by atoms with Gasteiger partial charge in [-0.1, -0.05) is 23.7 Å². The molecule has 0 bridgehead atoms. The molecule has 0 saturated heterocycles. The third-order valence-corrected chi connectivity index (χ3v) is 3.11. The van der Waals surface area contributed by atoms with E-state index in [2.05, 4.69) is 10.6 Å². The van der Waals surface area contributed by atoms with E-state index in [1.807, 2.05) is 25.1 Å². The van der Waals surface area contributed by atoms with Crippen molar-refractivity contribution in [3.8, 4) is 0 Å². The highest BCUT2D eigenvalue weighted by molar-refractivity contribution is 6.31. The molecule has 0 spiro atoms. The summed E-state index contributed by atoms with van der Waals surface area (Å²) in [5.74, 6) is -0.120. The Hall–Kier alpha value is -1.55. The van der Waals surface area contributed by atoms with Crippen LogP contribution in [0.1, 0.15) is 24.5 Å². The molecule has 0 fully saturated rings. The summed E-state index contributed by atoms with van der Waals surface area (Å²) < 4.78 is 0. The second kappa shape index (κ2) is 7.79. The average Bonchev–Trinajstić information content (AvgIpc) is 2.36. The van der Waals surface area contributed by atoms with Crippen LogP contribution in [0.5, 0.6) is 0 Å². The van der Waals surface area contributed by atoms with Crippen LogP contribution in [0.25, 0.3) is 0 Å². The quantitative estimate of drug-likeness (QED) is 0.782. The molecule has 0 heterocycles. The van der Waals surface area contributed by atoms with E-state index in [9.17, 15) is 9.59 Å². The fourth-order valence-electron chi connectivity index (χ4n) is 1.58. The summed E-state index contributed by atoms with van der Waals surface area (Å²) in [6.45, 7) is 4.30. The number of halogens is 1. The smallest absolute Gasteiger partial charge is 0.220 e. The molecular weight excluding hydrogens is 264 g/mol. The highest BCUT2D eigenvalue weighted by Crippen LogP contribution is 2.17. The molecule has 0 aromatic heterocycles. The zero-order valence-corrected chi connectivity index (χ0v) is 12.0. The van der Waals surface area contributed by atoms with Crippen LogP contribution in [-0.2, 0) is 16.0 Å². The largest absolute Gasteiger partial charge is 0.355 e. The SMILES string of the molecule is CC(=O)NCCNC(=O)CCc1ccc(C)c(Cl)c1. The van der Waals surface area contributed by atoms with Gasteiger partial charge in [-0.05, 0) is 30.5 Å². The number of hydrogen-bond donors (Lipinski definition) is 2. The molecule has 0 unspecified atom stereocenters. The van der Waals surface area contributed by atoms with Crippen molar-refractivity contribution in [2.75, 3.05) is 13.1 Å². The molecule has 0 aliphatic carbocycles. The highest BCUT2D eigenvalue weighted by atomic mass is 35.5. The number of amides is 2. The van der Waals surface area contributed by atoms with Gasteiger partial charge in [0.15, 0.2) is 0 Å². The van der Waals surface area contributed by atoms with E-state index in [0.717, 1.165) is 16.1 Å². The number of carbonyl (C=O) groups is 2. The van der Waals surface area contributed by atoms with Crippen LogP contribution in [0, 0.1) is 6.92 Å². The van der Waals surface area contributed by atoms with Crippen molar-refractivity contribution >= 4 is 23.4 Å². The predicted molar refractivity (Wildman–Crippen MR) is 76.2 cm³/mol. The van der Waals surface area contributed by atoms with Crippen molar-refractivity contribution < 1.29 is 9.59 Å². The molecule has 19 heavy (non-hydrogen) atoms. The summed E-state index contributed by atoms with van der Waals surface area (Å²) in [6.07, 6.45) is 1.07. The maximum absolute atomic E-state index is 11.6. The molecule has 2 N–H and O–H groups in total. The van der Waals surface area contributed by atoms with Gasteiger partial charge in [-0.15, -0.1) is 0 Å². The first-order valence-electron chi connectivity index (χ1n) is 6.25. The normalized spacial score (nSPS) is 10.1.